The van der Waals surface area contributed by atoms with E-state index in [-0.39, 0.29) is 5.91 Å². The summed E-state index contributed by atoms with van der Waals surface area (Å²) in [6.45, 7) is 20.7. The molecular weight excluding hydrogens is 775 g/mol. The molecule has 10 heteroatoms. The summed E-state index contributed by atoms with van der Waals surface area (Å²) in [5.41, 5.74) is 2.22. The average Bonchev–Trinajstić information content (AvgIpc) is 3.52. The van der Waals surface area contributed by atoms with Crippen molar-refractivity contribution >= 4 is 39.7 Å². The van der Waals surface area contributed by atoms with E-state index in [0.29, 0.717) is 48.6 Å². The molecule has 0 saturated heterocycles. The number of hydrogen-bond acceptors (Lipinski definition) is 6. The highest BCUT2D eigenvalue weighted by Gasteiger charge is 2.59. The molecule has 0 aromatic carbocycles. The summed E-state index contributed by atoms with van der Waals surface area (Å²) in [6.07, 6.45) is 26.0. The maximum Gasteiger partial charge on any atom is 0.407 e. The lowest BCUT2D eigenvalue weighted by Gasteiger charge is -2.58. The van der Waals surface area contributed by atoms with Crippen LogP contribution in [0.2, 0.25) is 0 Å². The maximum absolute atomic E-state index is 13.4. The Balaban J connectivity index is 1.16. The number of nitrogens with one attached hydrogen (secondary N) is 2. The van der Waals surface area contributed by atoms with Crippen molar-refractivity contribution in [3.63, 3.8) is 0 Å². The summed E-state index contributed by atoms with van der Waals surface area (Å²) in [5.74, 6) is 6.64. The largest absolute Gasteiger partial charge is 0.465 e. The first kappa shape index (κ1) is 50.1. The number of amides is 3. The van der Waals surface area contributed by atoms with E-state index < -0.39 is 17.8 Å². The standard InChI is InChI=1S/C49H87N3O5S2/c1-36(2)19-17-20-37(3)41-24-25-42-40-23-22-38-35-39(26-28-48(38,7)43(40)27-29-49(41,42)8)59-58-34-16-13-21-44(53)52(33-18-31-51-46(56)57-47(4,5)6)32-15-12-10-9-11-14-30-50-45(54)55/h22,36-37,39-43,50H,9-21,23-35H2,1-8H3,(H,51,56)(H,54,55)/t37-,39+,40+,41-,42+,43+,48+,49-/m1/s1. The Kier molecular flexibility index (Phi) is 20.7. The minimum atomic E-state index is -0.962. The van der Waals surface area contributed by atoms with Crippen LogP contribution in [0.15, 0.2) is 11.6 Å². The number of carbonyl (C=O) groups is 3. The fraction of sp³-hybridized carbons (Fsp3) is 0.898. The smallest absolute Gasteiger partial charge is 0.407 e. The van der Waals surface area contributed by atoms with Gasteiger partial charge < -0.3 is 25.4 Å². The fourth-order valence-electron chi connectivity index (χ4n) is 11.9. The minimum absolute atomic E-state index is 0.223. The number of fused-ring (bicyclic) bond motifs is 5. The molecule has 0 spiro atoms. The van der Waals surface area contributed by atoms with Crippen LogP contribution in [-0.4, -0.2) is 70.9 Å². The van der Waals surface area contributed by atoms with Crippen molar-refractivity contribution in [2.75, 3.05) is 31.9 Å². The Morgan fingerprint density at radius 3 is 2.29 bits per heavy atom. The topological polar surface area (TPSA) is 108 Å². The van der Waals surface area contributed by atoms with Crippen molar-refractivity contribution < 1.29 is 24.2 Å². The lowest BCUT2D eigenvalue weighted by Crippen LogP contribution is -2.50. The van der Waals surface area contributed by atoms with Gasteiger partial charge in [0.2, 0.25) is 5.91 Å². The van der Waals surface area contributed by atoms with Crippen molar-refractivity contribution in [3.8, 4) is 0 Å². The molecule has 0 aliphatic heterocycles. The van der Waals surface area contributed by atoms with Gasteiger partial charge in [-0.25, -0.2) is 9.59 Å². The number of ether oxygens (including phenoxy) is 1. The molecule has 3 amide bonds. The molecule has 8 nitrogen and oxygen atoms in total. The molecule has 59 heavy (non-hydrogen) atoms. The van der Waals surface area contributed by atoms with Gasteiger partial charge in [-0.3, -0.25) is 4.79 Å². The van der Waals surface area contributed by atoms with Crippen molar-refractivity contribution in [1.29, 1.82) is 0 Å². The molecular formula is C49H87N3O5S2. The molecule has 4 rings (SSSR count). The van der Waals surface area contributed by atoms with E-state index in [1.807, 2.05) is 36.5 Å². The van der Waals surface area contributed by atoms with Crippen molar-refractivity contribution in [1.82, 2.24) is 15.5 Å². The van der Waals surface area contributed by atoms with E-state index in [2.05, 4.69) is 62.1 Å². The second kappa shape index (κ2) is 24.3. The molecule has 3 N–H and O–H groups in total. The van der Waals surface area contributed by atoms with Crippen LogP contribution in [0, 0.1) is 46.3 Å². The number of nitrogens with zero attached hydrogens (tertiary/aromatic N) is 1. The van der Waals surface area contributed by atoms with Gasteiger partial charge in [0.1, 0.15) is 5.60 Å². The number of allylic oxidation sites excluding steroid dienone is 2. The van der Waals surface area contributed by atoms with Gasteiger partial charge in [0.25, 0.3) is 0 Å². The highest BCUT2D eigenvalue weighted by Crippen LogP contribution is 2.67. The molecule has 340 valence electrons. The Labute approximate surface area is 368 Å². The minimum Gasteiger partial charge on any atom is -0.465 e. The second-order valence-electron chi connectivity index (χ2n) is 21.0. The van der Waals surface area contributed by atoms with Crippen LogP contribution in [0.3, 0.4) is 0 Å². The predicted octanol–water partition coefficient (Wildman–Crippen LogP) is 13.3. The number of alkyl carbamates (subject to hydrolysis) is 1. The van der Waals surface area contributed by atoms with Gasteiger partial charge >= 0.3 is 12.2 Å². The quantitative estimate of drug-likeness (QED) is 0.0477. The summed E-state index contributed by atoms with van der Waals surface area (Å²) in [5, 5.41) is 14.7. The predicted molar refractivity (Wildman–Crippen MR) is 250 cm³/mol. The maximum atomic E-state index is 13.4. The molecule has 3 fully saturated rings. The van der Waals surface area contributed by atoms with Gasteiger partial charge in [-0.2, -0.15) is 0 Å². The summed E-state index contributed by atoms with van der Waals surface area (Å²) in [6, 6.07) is 0. The molecule has 0 aromatic rings. The summed E-state index contributed by atoms with van der Waals surface area (Å²) in [7, 11) is 4.15. The van der Waals surface area contributed by atoms with Gasteiger partial charge in [-0.15, -0.1) is 0 Å². The molecule has 0 heterocycles. The van der Waals surface area contributed by atoms with Crippen LogP contribution in [0.25, 0.3) is 0 Å². The van der Waals surface area contributed by atoms with Crippen LogP contribution in [-0.2, 0) is 9.53 Å². The fourth-order valence-corrected chi connectivity index (χ4v) is 14.7. The number of unbranched alkanes of at least 4 members (excludes halogenated alkanes) is 6. The summed E-state index contributed by atoms with van der Waals surface area (Å²) >= 11 is 0. The van der Waals surface area contributed by atoms with E-state index in [0.717, 1.165) is 99.2 Å². The molecule has 0 aromatic heterocycles. The van der Waals surface area contributed by atoms with Gasteiger partial charge in [0.05, 0.1) is 0 Å². The number of rotatable bonds is 25. The zero-order valence-electron chi connectivity index (χ0n) is 38.8. The monoisotopic (exact) mass is 862 g/mol. The Morgan fingerprint density at radius 1 is 0.847 bits per heavy atom. The van der Waals surface area contributed by atoms with E-state index in [4.69, 9.17) is 9.84 Å². The molecule has 4 aliphatic rings. The van der Waals surface area contributed by atoms with E-state index in [1.54, 1.807) is 5.57 Å². The molecule has 0 unspecified atom stereocenters. The Morgan fingerprint density at radius 2 is 1.56 bits per heavy atom. The van der Waals surface area contributed by atoms with Crippen LogP contribution in [0.5, 0.6) is 0 Å². The lowest BCUT2D eigenvalue weighted by molar-refractivity contribution is -0.131. The molecule has 8 atom stereocenters. The van der Waals surface area contributed by atoms with Gasteiger partial charge in [0.15, 0.2) is 0 Å². The molecule has 3 saturated carbocycles. The number of carboxylic acid groups (broad SMARTS) is 1. The van der Waals surface area contributed by atoms with Crippen molar-refractivity contribution in [2.24, 2.45) is 46.3 Å². The molecule has 4 aliphatic carbocycles. The van der Waals surface area contributed by atoms with E-state index >= 15 is 0 Å². The van der Waals surface area contributed by atoms with E-state index in [1.165, 1.54) is 70.6 Å². The lowest BCUT2D eigenvalue weighted by atomic mass is 9.47. The second-order valence-corrected chi connectivity index (χ2v) is 23.8. The number of carbonyl (C=O) groups excluding carboxylic acids is 2. The highest BCUT2D eigenvalue weighted by molar-refractivity contribution is 8.76. The average molecular weight is 862 g/mol. The Hall–Kier alpha value is -1.55. The van der Waals surface area contributed by atoms with Crippen molar-refractivity contribution in [2.45, 2.75) is 201 Å². The third kappa shape index (κ3) is 15.6. The summed E-state index contributed by atoms with van der Waals surface area (Å²) < 4.78 is 5.37. The number of hydrogen-bond donors (Lipinski definition) is 3. The highest BCUT2D eigenvalue weighted by atomic mass is 33.1. The first-order chi connectivity index (χ1) is 28.0. The molecule has 0 radical (unpaired) electrons. The van der Waals surface area contributed by atoms with E-state index in [9.17, 15) is 14.4 Å². The normalized spacial score (nSPS) is 28.2. The SMILES string of the molecule is CC(C)CCC[C@@H](C)[C@H]1CC[C@H]2[C@@H]3CC=C4C[C@@H](SSCCCCC(=O)N(CCCCCCCCNC(=O)O)CCCNC(=O)OC(C)(C)C)CC[C@]4(C)[C@H]3CC[C@]12C. The van der Waals surface area contributed by atoms with Crippen LogP contribution in [0.4, 0.5) is 9.59 Å². The van der Waals surface area contributed by atoms with Crippen LogP contribution in [0.1, 0.15) is 190 Å². The third-order valence-electron chi connectivity index (χ3n) is 15.1. The molecule has 0 bridgehead atoms. The van der Waals surface area contributed by atoms with Gasteiger partial charge in [-0.1, -0.05) is 113 Å². The van der Waals surface area contributed by atoms with Crippen LogP contribution >= 0.6 is 21.6 Å². The van der Waals surface area contributed by atoms with Gasteiger partial charge in [0, 0.05) is 43.6 Å². The third-order valence-corrected chi connectivity index (χ3v) is 18.1. The van der Waals surface area contributed by atoms with Crippen molar-refractivity contribution in [3.05, 3.63) is 11.6 Å². The van der Waals surface area contributed by atoms with Gasteiger partial charge in [-0.05, 0) is 151 Å². The van der Waals surface area contributed by atoms with Crippen LogP contribution < -0.4 is 10.6 Å². The first-order valence-electron chi connectivity index (χ1n) is 24.2. The summed E-state index contributed by atoms with van der Waals surface area (Å²) in [4.78, 5) is 38.2. The Bertz CT molecular complexity index is 1340. The first-order valence-corrected chi connectivity index (χ1v) is 26.6. The zero-order chi connectivity index (χ0) is 43.1. The zero-order valence-corrected chi connectivity index (χ0v) is 40.5.